The average molecular weight is 185 g/mol. The van der Waals surface area contributed by atoms with Crippen LogP contribution >= 0.6 is 0 Å². The minimum atomic E-state index is -0.0987. The van der Waals surface area contributed by atoms with Gasteiger partial charge in [0.1, 0.15) is 0 Å². The van der Waals surface area contributed by atoms with E-state index in [1.54, 1.807) is 0 Å². The van der Waals surface area contributed by atoms with Gasteiger partial charge in [0.25, 0.3) is 0 Å². The molecule has 0 radical (unpaired) electrons. The van der Waals surface area contributed by atoms with Crippen LogP contribution in [0.3, 0.4) is 0 Å². The predicted molar refractivity (Wildman–Crippen MR) is 57.0 cm³/mol. The second-order valence-electron chi connectivity index (χ2n) is 4.65. The van der Waals surface area contributed by atoms with Crippen LogP contribution < -0.4 is 0 Å². The first-order chi connectivity index (χ1) is 6.57. The minimum Gasteiger partial charge on any atom is -0.198 e. The highest BCUT2D eigenvalue weighted by Crippen LogP contribution is 2.59. The van der Waals surface area contributed by atoms with Crippen molar-refractivity contribution in [1.29, 1.82) is 5.26 Å². The molecule has 0 aliphatic heterocycles. The van der Waals surface area contributed by atoms with Crippen molar-refractivity contribution in [3.05, 3.63) is 34.9 Å². The Labute approximate surface area is 85.4 Å². The number of hydrogen-bond donors (Lipinski definition) is 0. The molecule has 1 aliphatic rings. The SMILES string of the molecule is Cc1ccc(C)c(C2CC2(C)C#N)c1. The maximum atomic E-state index is 9.01. The number of nitrogens with zero attached hydrogens (tertiary/aromatic N) is 1. The molecule has 0 bridgehead atoms. The molecule has 1 aromatic rings. The lowest BCUT2D eigenvalue weighted by Gasteiger charge is -2.07. The van der Waals surface area contributed by atoms with Crippen LogP contribution in [0.2, 0.25) is 0 Å². The van der Waals surface area contributed by atoms with Crippen LogP contribution in [-0.4, -0.2) is 0 Å². The summed E-state index contributed by atoms with van der Waals surface area (Å²) in [5.74, 6) is 0.465. The van der Waals surface area contributed by atoms with E-state index in [1.807, 2.05) is 0 Å². The molecule has 0 aromatic heterocycles. The summed E-state index contributed by atoms with van der Waals surface area (Å²) in [6, 6.07) is 8.92. The molecule has 1 heteroatoms. The third kappa shape index (κ3) is 1.32. The van der Waals surface area contributed by atoms with Crippen LogP contribution in [0.15, 0.2) is 18.2 Å². The van der Waals surface area contributed by atoms with E-state index in [0.29, 0.717) is 5.92 Å². The van der Waals surface area contributed by atoms with Crippen molar-refractivity contribution in [3.8, 4) is 6.07 Å². The van der Waals surface area contributed by atoms with Crippen molar-refractivity contribution in [1.82, 2.24) is 0 Å². The van der Waals surface area contributed by atoms with Gasteiger partial charge < -0.3 is 0 Å². The molecular formula is C13H15N. The van der Waals surface area contributed by atoms with E-state index in [-0.39, 0.29) is 5.41 Å². The lowest BCUT2D eigenvalue weighted by molar-refractivity contribution is 0.725. The Morgan fingerprint density at radius 1 is 1.43 bits per heavy atom. The molecule has 0 amide bonds. The number of hydrogen-bond acceptors (Lipinski definition) is 1. The van der Waals surface area contributed by atoms with Crippen LogP contribution in [0.1, 0.15) is 36.0 Å². The first-order valence-electron chi connectivity index (χ1n) is 5.05. The van der Waals surface area contributed by atoms with Gasteiger partial charge in [0.2, 0.25) is 0 Å². The Morgan fingerprint density at radius 2 is 2.14 bits per heavy atom. The number of nitriles is 1. The van der Waals surface area contributed by atoms with Gasteiger partial charge in [-0.25, -0.2) is 0 Å². The summed E-state index contributed by atoms with van der Waals surface area (Å²) in [6.07, 6.45) is 1.02. The molecule has 1 saturated carbocycles. The lowest BCUT2D eigenvalue weighted by Crippen LogP contribution is -1.95. The van der Waals surface area contributed by atoms with Crippen molar-refractivity contribution in [2.75, 3.05) is 0 Å². The lowest BCUT2D eigenvalue weighted by atomic mass is 9.97. The molecule has 1 nitrogen and oxygen atoms in total. The fourth-order valence-electron chi connectivity index (χ4n) is 2.08. The monoisotopic (exact) mass is 185 g/mol. The summed E-state index contributed by atoms with van der Waals surface area (Å²) < 4.78 is 0. The normalized spacial score (nSPS) is 29.7. The van der Waals surface area contributed by atoms with Crippen LogP contribution in [0.5, 0.6) is 0 Å². The maximum Gasteiger partial charge on any atom is 0.0693 e. The molecule has 0 saturated heterocycles. The zero-order valence-electron chi connectivity index (χ0n) is 8.96. The fraction of sp³-hybridized carbons (Fsp3) is 0.462. The number of rotatable bonds is 1. The second-order valence-corrected chi connectivity index (χ2v) is 4.65. The van der Waals surface area contributed by atoms with Crippen molar-refractivity contribution in [3.63, 3.8) is 0 Å². The van der Waals surface area contributed by atoms with Crippen LogP contribution in [0.25, 0.3) is 0 Å². The number of benzene rings is 1. The van der Waals surface area contributed by atoms with E-state index < -0.39 is 0 Å². The maximum absolute atomic E-state index is 9.01. The van der Waals surface area contributed by atoms with Gasteiger partial charge in [-0.05, 0) is 38.3 Å². The van der Waals surface area contributed by atoms with Crippen molar-refractivity contribution in [2.24, 2.45) is 5.41 Å². The Kier molecular flexibility index (Phi) is 1.89. The van der Waals surface area contributed by atoms with Gasteiger partial charge in [0.15, 0.2) is 0 Å². The third-order valence-electron chi connectivity index (χ3n) is 3.30. The molecule has 0 N–H and O–H groups in total. The van der Waals surface area contributed by atoms with Gasteiger partial charge in [-0.2, -0.15) is 5.26 Å². The summed E-state index contributed by atoms with van der Waals surface area (Å²) in [7, 11) is 0. The summed E-state index contributed by atoms with van der Waals surface area (Å²) in [4.78, 5) is 0. The predicted octanol–water partition coefficient (Wildman–Crippen LogP) is 3.32. The first kappa shape index (κ1) is 9.27. The second kappa shape index (κ2) is 2.85. The fourth-order valence-corrected chi connectivity index (χ4v) is 2.08. The minimum absolute atomic E-state index is 0.0987. The van der Waals surface area contributed by atoms with E-state index in [0.717, 1.165) is 6.42 Å². The third-order valence-corrected chi connectivity index (χ3v) is 3.30. The highest BCUT2D eigenvalue weighted by molar-refractivity contribution is 5.41. The Morgan fingerprint density at radius 3 is 2.71 bits per heavy atom. The zero-order valence-corrected chi connectivity index (χ0v) is 8.96. The quantitative estimate of drug-likeness (QED) is 0.658. The van der Waals surface area contributed by atoms with E-state index in [1.165, 1.54) is 16.7 Å². The van der Waals surface area contributed by atoms with E-state index in [2.05, 4.69) is 45.0 Å². The summed E-state index contributed by atoms with van der Waals surface area (Å²) in [5, 5.41) is 9.01. The molecule has 2 rings (SSSR count). The van der Waals surface area contributed by atoms with Crippen molar-refractivity contribution < 1.29 is 0 Å². The molecular weight excluding hydrogens is 170 g/mol. The molecule has 1 aliphatic carbocycles. The molecule has 0 heterocycles. The van der Waals surface area contributed by atoms with Crippen LogP contribution in [-0.2, 0) is 0 Å². The Hall–Kier alpha value is -1.29. The molecule has 1 aromatic carbocycles. The largest absolute Gasteiger partial charge is 0.198 e. The van der Waals surface area contributed by atoms with Gasteiger partial charge in [0.05, 0.1) is 11.5 Å². The average Bonchev–Trinajstić information content (AvgIpc) is 2.83. The summed E-state index contributed by atoms with van der Waals surface area (Å²) in [6.45, 7) is 6.29. The molecule has 14 heavy (non-hydrogen) atoms. The van der Waals surface area contributed by atoms with Crippen LogP contribution in [0, 0.1) is 30.6 Å². The molecule has 1 fully saturated rings. The molecule has 2 atom stereocenters. The van der Waals surface area contributed by atoms with E-state index in [4.69, 9.17) is 5.26 Å². The highest BCUT2D eigenvalue weighted by atomic mass is 14.5. The first-order valence-corrected chi connectivity index (χ1v) is 5.05. The standard InChI is InChI=1S/C13H15N/c1-9-4-5-10(2)11(6-9)12-7-13(12,3)8-14/h4-6,12H,7H2,1-3H3. The zero-order chi connectivity index (χ0) is 10.3. The number of aryl methyl sites for hydroxylation is 2. The molecule has 2 unspecified atom stereocenters. The van der Waals surface area contributed by atoms with Gasteiger partial charge >= 0.3 is 0 Å². The van der Waals surface area contributed by atoms with Gasteiger partial charge in [-0.3, -0.25) is 0 Å². The Balaban J connectivity index is 2.36. The summed E-state index contributed by atoms with van der Waals surface area (Å²) >= 11 is 0. The van der Waals surface area contributed by atoms with Gasteiger partial charge in [-0.15, -0.1) is 0 Å². The Bertz CT molecular complexity index is 414. The van der Waals surface area contributed by atoms with Crippen LogP contribution in [0.4, 0.5) is 0 Å². The van der Waals surface area contributed by atoms with Crippen molar-refractivity contribution in [2.45, 2.75) is 33.1 Å². The van der Waals surface area contributed by atoms with Crippen molar-refractivity contribution >= 4 is 0 Å². The van der Waals surface area contributed by atoms with E-state index in [9.17, 15) is 0 Å². The van der Waals surface area contributed by atoms with Gasteiger partial charge in [-0.1, -0.05) is 23.8 Å². The van der Waals surface area contributed by atoms with E-state index >= 15 is 0 Å². The smallest absolute Gasteiger partial charge is 0.0693 e. The van der Waals surface area contributed by atoms with Gasteiger partial charge in [0, 0.05) is 5.92 Å². The highest BCUT2D eigenvalue weighted by Gasteiger charge is 2.51. The molecule has 72 valence electrons. The molecule has 0 spiro atoms. The topological polar surface area (TPSA) is 23.8 Å². The summed E-state index contributed by atoms with van der Waals surface area (Å²) in [5.41, 5.74) is 3.88.